The Hall–Kier alpha value is -1.37. The zero-order valence-electron chi connectivity index (χ0n) is 11.3. The predicted octanol–water partition coefficient (Wildman–Crippen LogP) is 0.237. The fourth-order valence-electron chi connectivity index (χ4n) is 1.80. The molecule has 5 nitrogen and oxygen atoms in total. The van der Waals surface area contributed by atoms with Gasteiger partial charge in [0.25, 0.3) is 0 Å². The van der Waals surface area contributed by atoms with Gasteiger partial charge in [0.05, 0.1) is 6.04 Å². The Kier molecular flexibility index (Phi) is 7.28. The Labute approximate surface area is 124 Å². The van der Waals surface area contributed by atoms with Crippen LogP contribution >= 0.6 is 12.6 Å². The van der Waals surface area contributed by atoms with E-state index < -0.39 is 12.1 Å². The maximum absolute atomic E-state index is 11.9. The molecule has 1 amide bonds. The molecular weight excluding hydrogens is 274 g/mol. The molecule has 0 heterocycles. The lowest BCUT2D eigenvalue weighted by Gasteiger charge is -2.18. The van der Waals surface area contributed by atoms with Crippen LogP contribution in [0.5, 0.6) is 0 Å². The summed E-state index contributed by atoms with van der Waals surface area (Å²) >= 11 is 3.82. The summed E-state index contributed by atoms with van der Waals surface area (Å²) in [7, 11) is 0. The molecule has 0 fully saturated rings. The van der Waals surface area contributed by atoms with E-state index in [4.69, 9.17) is 11.5 Å². The van der Waals surface area contributed by atoms with E-state index in [0.29, 0.717) is 25.8 Å². The van der Waals surface area contributed by atoms with E-state index >= 15 is 0 Å². The van der Waals surface area contributed by atoms with Crippen molar-refractivity contribution >= 4 is 23.7 Å². The van der Waals surface area contributed by atoms with E-state index in [1.54, 1.807) is 0 Å². The smallest absolute Gasteiger partial charge is 0.237 e. The van der Waals surface area contributed by atoms with Crippen molar-refractivity contribution in [3.8, 4) is 0 Å². The Bertz CT molecular complexity index is 439. The molecule has 0 aliphatic carbocycles. The Morgan fingerprint density at radius 2 is 1.90 bits per heavy atom. The molecule has 0 bridgehead atoms. The van der Waals surface area contributed by atoms with E-state index in [9.17, 15) is 9.59 Å². The minimum absolute atomic E-state index is 0.346. The highest BCUT2D eigenvalue weighted by atomic mass is 32.1. The molecule has 0 unspecified atom stereocenters. The molecule has 2 atom stereocenters. The van der Waals surface area contributed by atoms with Gasteiger partial charge in [-0.15, -0.1) is 12.6 Å². The number of carbonyl (C=O) groups excluding carboxylic acids is 2. The summed E-state index contributed by atoms with van der Waals surface area (Å²) in [6.45, 7) is 0.486. The second kappa shape index (κ2) is 8.73. The largest absolute Gasteiger partial charge is 0.344 e. The number of nitrogens with one attached hydrogen (secondary N) is 1. The van der Waals surface area contributed by atoms with Gasteiger partial charge in [0.1, 0.15) is 6.04 Å². The molecule has 0 spiro atoms. The molecule has 1 aromatic rings. The van der Waals surface area contributed by atoms with Crippen molar-refractivity contribution in [2.24, 2.45) is 11.5 Å². The molecule has 0 saturated carbocycles. The van der Waals surface area contributed by atoms with Crippen molar-refractivity contribution in [3.63, 3.8) is 0 Å². The highest BCUT2D eigenvalue weighted by Crippen LogP contribution is 2.06. The predicted molar refractivity (Wildman–Crippen MR) is 82.3 cm³/mol. The summed E-state index contributed by atoms with van der Waals surface area (Å²) in [5.41, 5.74) is 12.1. The quantitative estimate of drug-likeness (QED) is 0.516. The second-order valence-electron chi connectivity index (χ2n) is 4.63. The summed E-state index contributed by atoms with van der Waals surface area (Å²) in [4.78, 5) is 23.4. The van der Waals surface area contributed by atoms with Crippen molar-refractivity contribution in [2.75, 3.05) is 6.54 Å². The summed E-state index contributed by atoms with van der Waals surface area (Å²) < 4.78 is 0. The molecule has 1 aromatic carbocycles. The van der Waals surface area contributed by atoms with Gasteiger partial charge in [-0.2, -0.15) is 0 Å². The van der Waals surface area contributed by atoms with Crippen molar-refractivity contribution in [3.05, 3.63) is 35.9 Å². The topological polar surface area (TPSA) is 98.2 Å². The minimum Gasteiger partial charge on any atom is -0.344 e. The van der Waals surface area contributed by atoms with Crippen LogP contribution in [0.3, 0.4) is 0 Å². The van der Waals surface area contributed by atoms with Gasteiger partial charge >= 0.3 is 0 Å². The van der Waals surface area contributed by atoms with Crippen molar-refractivity contribution < 1.29 is 9.59 Å². The highest BCUT2D eigenvalue weighted by Gasteiger charge is 2.21. The van der Waals surface area contributed by atoms with Crippen molar-refractivity contribution in [2.45, 2.75) is 31.3 Å². The monoisotopic (exact) mass is 295 g/mol. The normalized spacial score (nSPS) is 13.6. The Morgan fingerprint density at radius 1 is 1.25 bits per heavy atom. The number of carbonyl (C=O) groups is 2. The molecule has 1 rings (SSSR count). The lowest BCUT2D eigenvalue weighted by atomic mass is 10.1. The fraction of sp³-hybridized carbons (Fsp3) is 0.429. The highest BCUT2D eigenvalue weighted by molar-refractivity contribution is 7.96. The van der Waals surface area contributed by atoms with Gasteiger partial charge in [0.15, 0.2) is 0 Å². The van der Waals surface area contributed by atoms with E-state index in [1.165, 1.54) is 0 Å². The molecule has 0 aliphatic rings. The maximum atomic E-state index is 11.9. The van der Waals surface area contributed by atoms with Crippen LogP contribution in [0.25, 0.3) is 0 Å². The fourth-order valence-corrected chi connectivity index (χ4v) is 1.95. The maximum Gasteiger partial charge on any atom is 0.237 e. The number of hydrogen-bond donors (Lipinski definition) is 4. The molecule has 0 radical (unpaired) electrons. The number of nitrogens with two attached hydrogens (primary N) is 2. The molecule has 110 valence electrons. The number of hydrogen-bond acceptors (Lipinski definition) is 4. The number of thiol groups is 1. The average molecular weight is 295 g/mol. The average Bonchev–Trinajstić information content (AvgIpc) is 2.44. The third-order valence-corrected chi connectivity index (χ3v) is 3.26. The molecule has 20 heavy (non-hydrogen) atoms. The van der Waals surface area contributed by atoms with Gasteiger partial charge in [0.2, 0.25) is 11.0 Å². The standard InChI is InChI=1S/C14H21N3O2S/c15-8-4-7-11(16)13(18)17-12(14(19)20)9-10-5-2-1-3-6-10/h1-3,5-6,11-12H,4,7-9,15-16H2,(H,17,18)(H,19,20)/t11-,12-/m1/s1. The van der Waals surface area contributed by atoms with Crippen LogP contribution in [-0.2, 0) is 16.0 Å². The van der Waals surface area contributed by atoms with Crippen LogP contribution in [-0.4, -0.2) is 29.7 Å². The number of benzene rings is 1. The van der Waals surface area contributed by atoms with Crippen LogP contribution in [0.1, 0.15) is 18.4 Å². The molecule has 0 aromatic heterocycles. The molecule has 0 aliphatic heterocycles. The van der Waals surface area contributed by atoms with Gasteiger partial charge in [0, 0.05) is 6.42 Å². The first-order valence-corrected chi connectivity index (χ1v) is 7.02. The Morgan fingerprint density at radius 3 is 2.45 bits per heavy atom. The summed E-state index contributed by atoms with van der Waals surface area (Å²) in [5.74, 6) is -0.346. The van der Waals surface area contributed by atoms with Gasteiger partial charge in [-0.1, -0.05) is 30.3 Å². The summed E-state index contributed by atoms with van der Waals surface area (Å²) in [6.07, 6.45) is 1.58. The Balaban J connectivity index is 2.59. The first-order valence-electron chi connectivity index (χ1n) is 6.57. The van der Waals surface area contributed by atoms with Crippen molar-refractivity contribution in [1.82, 2.24) is 5.32 Å². The van der Waals surface area contributed by atoms with Gasteiger partial charge in [-0.05, 0) is 24.9 Å². The van der Waals surface area contributed by atoms with E-state index in [2.05, 4.69) is 17.9 Å². The van der Waals surface area contributed by atoms with Crippen molar-refractivity contribution in [1.29, 1.82) is 0 Å². The van der Waals surface area contributed by atoms with Crippen LogP contribution in [0.15, 0.2) is 30.3 Å². The van der Waals surface area contributed by atoms with Crippen LogP contribution in [0.2, 0.25) is 0 Å². The number of amides is 1. The molecule has 0 saturated heterocycles. The van der Waals surface area contributed by atoms with Gasteiger partial charge in [-0.25, -0.2) is 0 Å². The lowest BCUT2D eigenvalue weighted by Crippen LogP contribution is -2.48. The molecule has 5 N–H and O–H groups in total. The van der Waals surface area contributed by atoms with Crippen LogP contribution in [0.4, 0.5) is 0 Å². The second-order valence-corrected chi connectivity index (χ2v) is 5.07. The van der Waals surface area contributed by atoms with Crippen LogP contribution < -0.4 is 16.8 Å². The van der Waals surface area contributed by atoms with Crippen LogP contribution in [0, 0.1) is 0 Å². The molecule has 6 heteroatoms. The molecular formula is C14H21N3O2S. The van der Waals surface area contributed by atoms with Gasteiger partial charge < -0.3 is 16.8 Å². The first-order chi connectivity index (χ1) is 9.54. The SMILES string of the molecule is NCCC[C@@H](N)C(=O)N[C@H](Cc1ccccc1)C(=O)S. The minimum atomic E-state index is -0.669. The number of rotatable bonds is 8. The summed E-state index contributed by atoms with van der Waals surface area (Å²) in [6, 6.07) is 8.12. The zero-order valence-corrected chi connectivity index (χ0v) is 12.2. The van der Waals surface area contributed by atoms with E-state index in [-0.39, 0.29) is 11.0 Å². The lowest BCUT2D eigenvalue weighted by molar-refractivity contribution is -0.125. The third kappa shape index (κ3) is 5.73. The van der Waals surface area contributed by atoms with Gasteiger partial charge in [-0.3, -0.25) is 9.59 Å². The zero-order chi connectivity index (χ0) is 15.0. The van der Waals surface area contributed by atoms with E-state index in [0.717, 1.165) is 5.56 Å². The van der Waals surface area contributed by atoms with E-state index in [1.807, 2.05) is 30.3 Å². The third-order valence-electron chi connectivity index (χ3n) is 2.95. The summed E-state index contributed by atoms with van der Waals surface area (Å²) in [5, 5.41) is 2.26. The first kappa shape index (κ1) is 16.7.